The molecule has 0 unspecified atom stereocenters. The van der Waals surface area contributed by atoms with Gasteiger partial charge in [-0.05, 0) is 62.6 Å². The highest BCUT2D eigenvalue weighted by atomic mass is 16.5. The number of aromatic nitrogens is 3. The van der Waals surface area contributed by atoms with Crippen molar-refractivity contribution in [1.29, 1.82) is 0 Å². The van der Waals surface area contributed by atoms with Gasteiger partial charge in [-0.1, -0.05) is 0 Å². The molecule has 32 heavy (non-hydrogen) atoms. The number of anilines is 2. The number of hydrogen-bond donors (Lipinski definition) is 3. The lowest BCUT2D eigenvalue weighted by Crippen LogP contribution is -2.38. The molecule has 0 spiro atoms. The van der Waals surface area contributed by atoms with Gasteiger partial charge in [0.1, 0.15) is 5.82 Å². The van der Waals surface area contributed by atoms with Crippen LogP contribution in [0.5, 0.6) is 0 Å². The summed E-state index contributed by atoms with van der Waals surface area (Å²) < 4.78 is 10.6. The maximum Gasteiger partial charge on any atom is 0.223 e. The molecule has 8 nitrogen and oxygen atoms in total. The summed E-state index contributed by atoms with van der Waals surface area (Å²) in [5, 5.41) is 10.6. The predicted molar refractivity (Wildman–Crippen MR) is 127 cm³/mol. The van der Waals surface area contributed by atoms with E-state index in [0.717, 1.165) is 88.5 Å². The van der Waals surface area contributed by atoms with Crippen LogP contribution in [0, 0.1) is 5.92 Å². The molecule has 174 valence electrons. The number of rotatable bonds is 10. The highest BCUT2D eigenvalue weighted by Gasteiger charge is 2.21. The van der Waals surface area contributed by atoms with E-state index in [1.54, 1.807) is 7.11 Å². The van der Waals surface area contributed by atoms with Gasteiger partial charge >= 0.3 is 0 Å². The Morgan fingerprint density at radius 3 is 2.59 bits per heavy atom. The summed E-state index contributed by atoms with van der Waals surface area (Å²) in [4.78, 5) is 13.7. The van der Waals surface area contributed by atoms with E-state index in [4.69, 9.17) is 14.5 Å². The Morgan fingerprint density at radius 1 is 1.00 bits per heavy atom. The van der Waals surface area contributed by atoms with Gasteiger partial charge in [0.2, 0.25) is 5.95 Å². The van der Waals surface area contributed by atoms with Crippen LogP contribution in [0.25, 0.3) is 11.3 Å². The Kier molecular flexibility index (Phi) is 8.64. The van der Waals surface area contributed by atoms with E-state index >= 15 is 0 Å². The van der Waals surface area contributed by atoms with E-state index in [9.17, 15) is 0 Å². The van der Waals surface area contributed by atoms with Gasteiger partial charge in [0, 0.05) is 63.5 Å². The van der Waals surface area contributed by atoms with Gasteiger partial charge < -0.3 is 25.4 Å². The Balaban J connectivity index is 1.30. The van der Waals surface area contributed by atoms with E-state index in [-0.39, 0.29) is 0 Å². The van der Waals surface area contributed by atoms with Crippen LogP contribution in [0.1, 0.15) is 38.5 Å². The molecule has 2 aromatic heterocycles. The van der Waals surface area contributed by atoms with Gasteiger partial charge in [0.25, 0.3) is 0 Å². The number of hydrogen-bond acceptors (Lipinski definition) is 8. The van der Waals surface area contributed by atoms with Gasteiger partial charge in [-0.2, -0.15) is 0 Å². The summed E-state index contributed by atoms with van der Waals surface area (Å²) in [6.07, 6.45) is 10.5. The molecule has 1 aliphatic heterocycles. The summed E-state index contributed by atoms with van der Waals surface area (Å²) >= 11 is 0. The molecule has 4 rings (SSSR count). The maximum atomic E-state index is 5.45. The van der Waals surface area contributed by atoms with Crippen molar-refractivity contribution in [2.24, 2.45) is 5.92 Å². The summed E-state index contributed by atoms with van der Waals surface area (Å²) in [5.74, 6) is 2.24. The fraction of sp³-hybridized carbons (Fsp3) is 0.625. The largest absolute Gasteiger partial charge is 0.383 e. The zero-order valence-electron chi connectivity index (χ0n) is 19.1. The molecular formula is C24H36N6O2. The van der Waals surface area contributed by atoms with E-state index in [0.29, 0.717) is 23.9 Å². The summed E-state index contributed by atoms with van der Waals surface area (Å²) in [7, 11) is 1.74. The first-order valence-corrected chi connectivity index (χ1v) is 11.9. The zero-order valence-corrected chi connectivity index (χ0v) is 19.1. The Labute approximate surface area is 190 Å². The van der Waals surface area contributed by atoms with Crippen molar-refractivity contribution >= 4 is 11.8 Å². The average Bonchev–Trinajstić information content (AvgIpc) is 2.85. The molecule has 0 atom stereocenters. The minimum atomic E-state index is 0.417. The van der Waals surface area contributed by atoms with E-state index in [1.165, 1.54) is 0 Å². The van der Waals surface area contributed by atoms with Crippen LogP contribution in [0.4, 0.5) is 11.8 Å². The van der Waals surface area contributed by atoms with Crippen molar-refractivity contribution < 1.29 is 9.47 Å². The van der Waals surface area contributed by atoms with Gasteiger partial charge in [-0.15, -0.1) is 0 Å². The number of ether oxygens (including phenoxy) is 2. The Bertz CT molecular complexity index is 822. The smallest absolute Gasteiger partial charge is 0.223 e. The molecule has 3 N–H and O–H groups in total. The van der Waals surface area contributed by atoms with Crippen LogP contribution in [0.2, 0.25) is 0 Å². The van der Waals surface area contributed by atoms with Crippen molar-refractivity contribution in [3.8, 4) is 11.3 Å². The van der Waals surface area contributed by atoms with Gasteiger partial charge in [-0.25, -0.2) is 15.0 Å². The Morgan fingerprint density at radius 2 is 1.78 bits per heavy atom. The van der Waals surface area contributed by atoms with Crippen LogP contribution < -0.4 is 16.0 Å². The molecule has 2 fully saturated rings. The van der Waals surface area contributed by atoms with Gasteiger partial charge in [0.15, 0.2) is 0 Å². The van der Waals surface area contributed by atoms with Crippen molar-refractivity contribution in [2.75, 3.05) is 50.7 Å². The average molecular weight is 441 g/mol. The van der Waals surface area contributed by atoms with E-state index < -0.39 is 0 Å². The monoisotopic (exact) mass is 440 g/mol. The number of methoxy groups -OCH3 is 1. The molecule has 2 aromatic rings. The first-order valence-electron chi connectivity index (χ1n) is 11.9. The standard InChI is InChI=1S/C24H36N6O2/c1-31-15-12-25-20-2-4-21(5-3-20)29-24-27-11-7-22(30-24)19-6-10-26-23(16-19)28-17-18-8-13-32-14-9-18/h6-7,10-11,16,18,20-21,25H,2-5,8-9,12-15,17H2,1H3,(H,26,28)(H,27,29,30). The third kappa shape index (κ3) is 6.85. The molecule has 8 heteroatoms. The number of nitrogens with zero attached hydrogens (tertiary/aromatic N) is 3. The van der Waals surface area contributed by atoms with Crippen LogP contribution in [0.3, 0.4) is 0 Å². The normalized spacial score (nSPS) is 21.9. The molecule has 3 heterocycles. The third-order valence-electron chi connectivity index (χ3n) is 6.42. The first-order chi connectivity index (χ1) is 15.8. The number of pyridine rings is 1. The van der Waals surface area contributed by atoms with E-state index in [2.05, 4.69) is 32.0 Å². The van der Waals surface area contributed by atoms with Crippen LogP contribution in [0.15, 0.2) is 30.6 Å². The van der Waals surface area contributed by atoms with Gasteiger partial charge in [-0.3, -0.25) is 0 Å². The van der Waals surface area contributed by atoms with Gasteiger partial charge in [0.05, 0.1) is 12.3 Å². The van der Waals surface area contributed by atoms with Crippen molar-refractivity contribution in [2.45, 2.75) is 50.6 Å². The van der Waals surface area contributed by atoms with Crippen molar-refractivity contribution in [3.63, 3.8) is 0 Å². The second-order valence-corrected chi connectivity index (χ2v) is 8.77. The topological polar surface area (TPSA) is 93.2 Å². The van der Waals surface area contributed by atoms with E-state index in [1.807, 2.05) is 24.5 Å². The summed E-state index contributed by atoms with van der Waals surface area (Å²) in [6, 6.07) is 7.03. The van der Waals surface area contributed by atoms with Crippen LogP contribution in [-0.4, -0.2) is 67.1 Å². The zero-order chi connectivity index (χ0) is 22.0. The lowest BCUT2D eigenvalue weighted by molar-refractivity contribution is 0.0699. The fourth-order valence-corrected chi connectivity index (χ4v) is 4.46. The molecule has 1 aliphatic carbocycles. The SMILES string of the molecule is COCCNC1CCC(Nc2nccc(-c3ccnc(NCC4CCOCC4)c3)n2)CC1. The highest BCUT2D eigenvalue weighted by Crippen LogP contribution is 2.24. The minimum absolute atomic E-state index is 0.417. The fourth-order valence-electron chi connectivity index (χ4n) is 4.46. The lowest BCUT2D eigenvalue weighted by atomic mass is 9.91. The first kappa shape index (κ1) is 22.9. The molecule has 0 radical (unpaired) electrons. The predicted octanol–water partition coefficient (Wildman–Crippen LogP) is 3.34. The minimum Gasteiger partial charge on any atom is -0.383 e. The summed E-state index contributed by atoms with van der Waals surface area (Å²) in [6.45, 7) is 4.34. The highest BCUT2D eigenvalue weighted by molar-refractivity contribution is 5.63. The van der Waals surface area contributed by atoms with Crippen molar-refractivity contribution in [3.05, 3.63) is 30.6 Å². The second-order valence-electron chi connectivity index (χ2n) is 8.77. The maximum absolute atomic E-state index is 5.45. The molecule has 0 aromatic carbocycles. The summed E-state index contributed by atoms with van der Waals surface area (Å²) in [5.41, 5.74) is 1.96. The molecular weight excluding hydrogens is 404 g/mol. The molecule has 1 saturated carbocycles. The molecule has 0 bridgehead atoms. The molecule has 2 aliphatic rings. The lowest BCUT2D eigenvalue weighted by Gasteiger charge is -2.29. The second kappa shape index (κ2) is 12.1. The molecule has 0 amide bonds. The quantitative estimate of drug-likeness (QED) is 0.485. The Hall–Kier alpha value is -2.29. The van der Waals surface area contributed by atoms with Crippen LogP contribution in [-0.2, 0) is 9.47 Å². The molecule has 1 saturated heterocycles. The van der Waals surface area contributed by atoms with Crippen LogP contribution >= 0.6 is 0 Å². The van der Waals surface area contributed by atoms with Crippen molar-refractivity contribution in [1.82, 2.24) is 20.3 Å². The third-order valence-corrected chi connectivity index (χ3v) is 6.42. The number of nitrogens with one attached hydrogen (secondary N) is 3.